The smallest absolute Gasteiger partial charge is 0.263 e. The molecule has 1 N–H and O–H groups in total. The summed E-state index contributed by atoms with van der Waals surface area (Å²) in [6.07, 6.45) is 2.11. The molecule has 1 fully saturated rings. The number of carbonyl (C=O) groups excluding carboxylic acids is 1. The van der Waals surface area contributed by atoms with Crippen molar-refractivity contribution in [1.82, 2.24) is 19.4 Å². The van der Waals surface area contributed by atoms with Crippen LogP contribution in [-0.4, -0.2) is 67.7 Å². The number of hydrogen-bond acceptors (Lipinski definition) is 6. The number of aryl methyl sites for hydroxylation is 1. The van der Waals surface area contributed by atoms with Gasteiger partial charge in [0, 0.05) is 46.0 Å². The van der Waals surface area contributed by atoms with E-state index in [2.05, 4.69) is 15.3 Å². The number of nitrogens with one attached hydrogen (secondary N) is 1. The second kappa shape index (κ2) is 10.9. The Balaban J connectivity index is 1.43. The SMILES string of the molecule is CCOc1ccccc1N1CCN(S(=O)(=O)c2nn(C)cc2C(=O)NCCc2ccccc2)CC1. The van der Waals surface area contributed by atoms with E-state index in [0.29, 0.717) is 32.7 Å². The molecule has 35 heavy (non-hydrogen) atoms. The third-order valence-electron chi connectivity index (χ3n) is 5.91. The van der Waals surface area contributed by atoms with Gasteiger partial charge in [0.2, 0.25) is 5.03 Å². The molecule has 1 aromatic heterocycles. The van der Waals surface area contributed by atoms with Crippen molar-refractivity contribution in [1.29, 1.82) is 0 Å². The minimum atomic E-state index is -3.94. The van der Waals surface area contributed by atoms with Crippen LogP contribution in [0.4, 0.5) is 5.69 Å². The fraction of sp³-hybridized carbons (Fsp3) is 0.360. The zero-order chi connectivity index (χ0) is 24.8. The normalized spacial score (nSPS) is 14.6. The first kappa shape index (κ1) is 24.7. The second-order valence-corrected chi connectivity index (χ2v) is 10.2. The maximum Gasteiger partial charge on any atom is 0.263 e. The molecule has 0 aliphatic carbocycles. The predicted octanol–water partition coefficient (Wildman–Crippen LogP) is 2.30. The van der Waals surface area contributed by atoms with Gasteiger partial charge in [-0.3, -0.25) is 9.48 Å². The van der Waals surface area contributed by atoms with E-state index in [-0.39, 0.29) is 23.7 Å². The first-order chi connectivity index (χ1) is 16.9. The highest BCUT2D eigenvalue weighted by atomic mass is 32.2. The quantitative estimate of drug-likeness (QED) is 0.487. The first-order valence-electron chi connectivity index (χ1n) is 11.7. The third-order valence-corrected chi connectivity index (χ3v) is 7.75. The van der Waals surface area contributed by atoms with Crippen LogP contribution < -0.4 is 15.0 Å². The van der Waals surface area contributed by atoms with Gasteiger partial charge in [0.15, 0.2) is 0 Å². The number of para-hydroxylation sites is 2. The van der Waals surface area contributed by atoms with Crippen LogP contribution in [0.3, 0.4) is 0 Å². The number of amides is 1. The topological polar surface area (TPSA) is 96.8 Å². The second-order valence-electron chi connectivity index (χ2n) is 8.30. The summed E-state index contributed by atoms with van der Waals surface area (Å²) in [6, 6.07) is 17.5. The maximum absolute atomic E-state index is 13.5. The number of benzene rings is 2. The molecule has 1 amide bonds. The van der Waals surface area contributed by atoms with Gasteiger partial charge in [-0.05, 0) is 31.0 Å². The molecule has 0 saturated carbocycles. The molecule has 0 atom stereocenters. The Labute approximate surface area is 206 Å². The molecule has 10 heteroatoms. The van der Waals surface area contributed by atoms with Gasteiger partial charge < -0.3 is 15.0 Å². The third kappa shape index (κ3) is 5.66. The number of sulfonamides is 1. The lowest BCUT2D eigenvalue weighted by Gasteiger charge is -2.35. The lowest BCUT2D eigenvalue weighted by Crippen LogP contribution is -2.49. The van der Waals surface area contributed by atoms with Crippen molar-refractivity contribution in [2.24, 2.45) is 7.05 Å². The molecular formula is C25H31N5O4S. The molecule has 2 aromatic carbocycles. The van der Waals surface area contributed by atoms with Crippen LogP contribution >= 0.6 is 0 Å². The highest BCUT2D eigenvalue weighted by Gasteiger charge is 2.34. The standard InChI is InChI=1S/C25H31N5O4S/c1-3-34-23-12-8-7-11-22(23)29-15-17-30(18-16-29)35(32,33)25-21(19-28(2)27-25)24(31)26-14-13-20-9-5-4-6-10-20/h4-12,19H,3,13-18H2,1-2H3,(H,26,31). The van der Waals surface area contributed by atoms with Crippen molar-refractivity contribution >= 4 is 21.6 Å². The molecular weight excluding hydrogens is 466 g/mol. The van der Waals surface area contributed by atoms with Crippen molar-refractivity contribution in [2.45, 2.75) is 18.4 Å². The van der Waals surface area contributed by atoms with Crippen molar-refractivity contribution in [3.63, 3.8) is 0 Å². The molecule has 2 heterocycles. The number of nitrogens with zero attached hydrogens (tertiary/aromatic N) is 4. The Hall–Kier alpha value is -3.37. The molecule has 186 valence electrons. The largest absolute Gasteiger partial charge is 0.492 e. The fourth-order valence-corrected chi connectivity index (χ4v) is 5.71. The summed E-state index contributed by atoms with van der Waals surface area (Å²) in [4.78, 5) is 15.0. The van der Waals surface area contributed by atoms with Crippen molar-refractivity contribution < 1.29 is 17.9 Å². The van der Waals surface area contributed by atoms with E-state index < -0.39 is 15.9 Å². The minimum absolute atomic E-state index is 0.0599. The summed E-state index contributed by atoms with van der Waals surface area (Å²) in [5.41, 5.74) is 2.10. The Morgan fingerprint density at radius 1 is 1.03 bits per heavy atom. The van der Waals surface area contributed by atoms with Crippen LogP contribution in [0.15, 0.2) is 65.8 Å². The number of aromatic nitrogens is 2. The highest BCUT2D eigenvalue weighted by Crippen LogP contribution is 2.30. The van der Waals surface area contributed by atoms with Crippen LogP contribution in [0.1, 0.15) is 22.8 Å². The number of hydrogen-bond donors (Lipinski definition) is 1. The number of ether oxygens (including phenoxy) is 1. The molecule has 0 bridgehead atoms. The number of piperazine rings is 1. The van der Waals surface area contributed by atoms with E-state index in [1.807, 2.05) is 61.5 Å². The van der Waals surface area contributed by atoms with Crippen LogP contribution in [0.25, 0.3) is 0 Å². The van der Waals surface area contributed by atoms with Crippen molar-refractivity contribution in [2.75, 3.05) is 44.2 Å². The van der Waals surface area contributed by atoms with Gasteiger partial charge in [0.1, 0.15) is 5.75 Å². The summed E-state index contributed by atoms with van der Waals surface area (Å²) in [7, 11) is -2.32. The monoisotopic (exact) mass is 497 g/mol. The van der Waals surface area contributed by atoms with Crippen LogP contribution in [-0.2, 0) is 23.5 Å². The van der Waals surface area contributed by atoms with Gasteiger partial charge in [-0.15, -0.1) is 0 Å². The minimum Gasteiger partial charge on any atom is -0.492 e. The van der Waals surface area contributed by atoms with Gasteiger partial charge >= 0.3 is 0 Å². The fourth-order valence-electron chi connectivity index (χ4n) is 4.16. The number of rotatable bonds is 9. The zero-order valence-corrected chi connectivity index (χ0v) is 20.9. The number of anilines is 1. The van der Waals surface area contributed by atoms with E-state index in [9.17, 15) is 13.2 Å². The highest BCUT2D eigenvalue weighted by molar-refractivity contribution is 7.89. The van der Waals surface area contributed by atoms with Gasteiger partial charge in [-0.1, -0.05) is 42.5 Å². The molecule has 0 spiro atoms. The average molecular weight is 498 g/mol. The molecule has 9 nitrogen and oxygen atoms in total. The molecule has 1 saturated heterocycles. The van der Waals surface area contributed by atoms with Crippen molar-refractivity contribution in [3.8, 4) is 5.75 Å². The molecule has 0 radical (unpaired) electrons. The maximum atomic E-state index is 13.5. The van der Waals surface area contributed by atoms with Gasteiger partial charge in [-0.25, -0.2) is 8.42 Å². The van der Waals surface area contributed by atoms with Gasteiger partial charge in [-0.2, -0.15) is 9.40 Å². The summed E-state index contributed by atoms with van der Waals surface area (Å²) in [6.45, 7) is 4.48. The zero-order valence-electron chi connectivity index (χ0n) is 20.1. The Kier molecular flexibility index (Phi) is 7.72. The number of carbonyl (C=O) groups is 1. The Morgan fingerprint density at radius 3 is 2.43 bits per heavy atom. The van der Waals surface area contributed by atoms with E-state index in [0.717, 1.165) is 17.0 Å². The van der Waals surface area contributed by atoms with Crippen LogP contribution in [0, 0.1) is 0 Å². The first-order valence-corrected chi connectivity index (χ1v) is 13.2. The summed E-state index contributed by atoms with van der Waals surface area (Å²) in [5.74, 6) is 0.336. The summed E-state index contributed by atoms with van der Waals surface area (Å²) >= 11 is 0. The Bertz CT molecular complexity index is 1250. The average Bonchev–Trinajstić information content (AvgIpc) is 3.28. The van der Waals surface area contributed by atoms with E-state index >= 15 is 0 Å². The van der Waals surface area contributed by atoms with Crippen LogP contribution in [0.5, 0.6) is 5.75 Å². The van der Waals surface area contributed by atoms with E-state index in [1.54, 1.807) is 7.05 Å². The van der Waals surface area contributed by atoms with Gasteiger partial charge in [0.25, 0.3) is 15.9 Å². The van der Waals surface area contributed by atoms with Crippen molar-refractivity contribution in [3.05, 3.63) is 71.9 Å². The summed E-state index contributed by atoms with van der Waals surface area (Å²) < 4.78 is 35.4. The molecule has 1 aliphatic rings. The van der Waals surface area contributed by atoms with Crippen LogP contribution in [0.2, 0.25) is 0 Å². The lowest BCUT2D eigenvalue weighted by molar-refractivity contribution is 0.0950. The molecule has 0 unspecified atom stereocenters. The van der Waals surface area contributed by atoms with E-state index in [4.69, 9.17) is 4.74 Å². The lowest BCUT2D eigenvalue weighted by atomic mass is 10.1. The predicted molar refractivity (Wildman–Crippen MR) is 134 cm³/mol. The van der Waals surface area contributed by atoms with E-state index in [1.165, 1.54) is 15.2 Å². The Morgan fingerprint density at radius 2 is 1.71 bits per heavy atom. The molecule has 3 aromatic rings. The molecule has 1 aliphatic heterocycles. The summed E-state index contributed by atoms with van der Waals surface area (Å²) in [5, 5.41) is 6.77. The molecule has 4 rings (SSSR count). The van der Waals surface area contributed by atoms with Gasteiger partial charge in [0.05, 0.1) is 17.9 Å².